The summed E-state index contributed by atoms with van der Waals surface area (Å²) in [6, 6.07) is 11.0. The van der Waals surface area contributed by atoms with E-state index in [0.717, 1.165) is 6.54 Å². The van der Waals surface area contributed by atoms with Gasteiger partial charge in [-0.25, -0.2) is 0 Å². The minimum atomic E-state index is 0.462. The molecule has 1 aromatic carbocycles. The lowest BCUT2D eigenvalue weighted by molar-refractivity contribution is 0.496. The lowest BCUT2D eigenvalue weighted by Gasteiger charge is -2.15. The van der Waals surface area contributed by atoms with Crippen molar-refractivity contribution in [1.82, 2.24) is 5.32 Å². The van der Waals surface area contributed by atoms with E-state index >= 15 is 0 Å². The van der Waals surface area contributed by atoms with Crippen molar-refractivity contribution in [3.63, 3.8) is 0 Å². The molecule has 1 rings (SSSR count). The molecular weight excluding hydrogens is 158 g/mol. The molecule has 0 unspecified atom stereocenters. The monoisotopic (exact) mass is 177 g/mol. The average molecular weight is 177 g/mol. The van der Waals surface area contributed by atoms with Gasteiger partial charge in [0.2, 0.25) is 0 Å². The van der Waals surface area contributed by atoms with Gasteiger partial charge in [-0.15, -0.1) is 0 Å². The molecule has 1 aromatic rings. The maximum atomic E-state index is 3.50. The predicted octanol–water partition coefficient (Wildman–Crippen LogP) is 2.99. The molecule has 72 valence electrons. The van der Waals surface area contributed by atoms with E-state index in [9.17, 15) is 0 Å². The first kappa shape index (κ1) is 10.3. The second-order valence-corrected chi connectivity index (χ2v) is 3.93. The topological polar surface area (TPSA) is 12.0 Å². The van der Waals surface area contributed by atoms with Gasteiger partial charge < -0.3 is 5.32 Å². The van der Waals surface area contributed by atoms with Crippen LogP contribution in [0.25, 0.3) is 0 Å². The van der Waals surface area contributed by atoms with Crippen LogP contribution in [0.2, 0.25) is 0 Å². The minimum Gasteiger partial charge on any atom is -0.310 e. The summed E-state index contributed by atoms with van der Waals surface area (Å²) in [4.78, 5) is 0. The largest absolute Gasteiger partial charge is 0.310 e. The van der Waals surface area contributed by atoms with E-state index in [2.05, 4.69) is 56.4 Å². The van der Waals surface area contributed by atoms with Gasteiger partial charge in [-0.2, -0.15) is 0 Å². The molecule has 0 saturated heterocycles. The van der Waals surface area contributed by atoms with Crippen LogP contribution >= 0.6 is 0 Å². The fourth-order valence-electron chi connectivity index (χ4n) is 1.27. The highest BCUT2D eigenvalue weighted by molar-refractivity contribution is 5.17. The summed E-state index contributed by atoms with van der Waals surface area (Å²) < 4.78 is 0. The van der Waals surface area contributed by atoms with E-state index in [4.69, 9.17) is 0 Å². The van der Waals surface area contributed by atoms with Crippen LogP contribution in [-0.2, 0) is 0 Å². The number of nitrogens with one attached hydrogen (secondary N) is 1. The molecule has 1 atom stereocenters. The molecule has 0 amide bonds. The molecule has 0 aliphatic carbocycles. The SMILES string of the molecule is CC(C)CN[C@H](C)c1ccccc1. The van der Waals surface area contributed by atoms with Gasteiger partial charge in [-0.3, -0.25) is 0 Å². The fraction of sp³-hybridized carbons (Fsp3) is 0.500. The van der Waals surface area contributed by atoms with Gasteiger partial charge >= 0.3 is 0 Å². The Labute approximate surface area is 81.2 Å². The number of hydrogen-bond donors (Lipinski definition) is 1. The molecule has 13 heavy (non-hydrogen) atoms. The Morgan fingerprint density at radius 2 is 1.69 bits per heavy atom. The first-order chi connectivity index (χ1) is 6.20. The van der Waals surface area contributed by atoms with Crippen LogP contribution in [0.5, 0.6) is 0 Å². The average Bonchev–Trinajstić information content (AvgIpc) is 2.15. The van der Waals surface area contributed by atoms with Crippen molar-refractivity contribution in [1.29, 1.82) is 0 Å². The lowest BCUT2D eigenvalue weighted by Crippen LogP contribution is -2.23. The summed E-state index contributed by atoms with van der Waals surface area (Å²) in [5.74, 6) is 0.714. The summed E-state index contributed by atoms with van der Waals surface area (Å²) >= 11 is 0. The first-order valence-corrected chi connectivity index (χ1v) is 4.98. The van der Waals surface area contributed by atoms with Crippen molar-refractivity contribution < 1.29 is 0 Å². The van der Waals surface area contributed by atoms with Gasteiger partial charge in [-0.05, 0) is 24.9 Å². The van der Waals surface area contributed by atoms with Crippen LogP contribution in [0, 0.1) is 5.92 Å². The summed E-state index contributed by atoms with van der Waals surface area (Å²) in [7, 11) is 0. The lowest BCUT2D eigenvalue weighted by atomic mass is 10.1. The molecule has 1 N–H and O–H groups in total. The van der Waals surface area contributed by atoms with Crippen molar-refractivity contribution in [3.8, 4) is 0 Å². The minimum absolute atomic E-state index is 0.462. The quantitative estimate of drug-likeness (QED) is 0.745. The van der Waals surface area contributed by atoms with E-state index in [0.29, 0.717) is 12.0 Å². The molecular formula is C12H19N. The van der Waals surface area contributed by atoms with Gasteiger partial charge in [0, 0.05) is 6.04 Å². The summed E-state index contributed by atoms with van der Waals surface area (Å²) in [6.07, 6.45) is 0. The molecule has 1 nitrogen and oxygen atoms in total. The third-order valence-electron chi connectivity index (χ3n) is 2.13. The highest BCUT2D eigenvalue weighted by atomic mass is 14.9. The Balaban J connectivity index is 2.44. The summed E-state index contributed by atoms with van der Waals surface area (Å²) in [6.45, 7) is 7.74. The second-order valence-electron chi connectivity index (χ2n) is 3.93. The van der Waals surface area contributed by atoms with Crippen LogP contribution < -0.4 is 5.32 Å². The molecule has 0 bridgehead atoms. The molecule has 0 radical (unpaired) electrons. The van der Waals surface area contributed by atoms with Crippen LogP contribution in [0.3, 0.4) is 0 Å². The van der Waals surface area contributed by atoms with Crippen molar-refractivity contribution in [2.45, 2.75) is 26.8 Å². The maximum Gasteiger partial charge on any atom is 0.0291 e. The van der Waals surface area contributed by atoms with E-state index in [1.165, 1.54) is 5.56 Å². The molecule has 1 heteroatoms. The van der Waals surface area contributed by atoms with Gasteiger partial charge in [0.05, 0.1) is 0 Å². The van der Waals surface area contributed by atoms with E-state index < -0.39 is 0 Å². The van der Waals surface area contributed by atoms with Crippen LogP contribution in [0.15, 0.2) is 30.3 Å². The molecule has 0 heterocycles. The van der Waals surface area contributed by atoms with Crippen molar-refractivity contribution >= 4 is 0 Å². The van der Waals surface area contributed by atoms with Crippen molar-refractivity contribution in [2.24, 2.45) is 5.92 Å². The molecule has 0 spiro atoms. The third-order valence-corrected chi connectivity index (χ3v) is 2.13. The van der Waals surface area contributed by atoms with Crippen LogP contribution in [-0.4, -0.2) is 6.54 Å². The van der Waals surface area contributed by atoms with Crippen molar-refractivity contribution in [3.05, 3.63) is 35.9 Å². The van der Waals surface area contributed by atoms with Crippen LogP contribution in [0.1, 0.15) is 32.4 Å². The fourth-order valence-corrected chi connectivity index (χ4v) is 1.27. The predicted molar refractivity (Wildman–Crippen MR) is 57.7 cm³/mol. The van der Waals surface area contributed by atoms with Gasteiger partial charge in [-0.1, -0.05) is 44.2 Å². The molecule has 0 fully saturated rings. The Hall–Kier alpha value is -0.820. The van der Waals surface area contributed by atoms with Crippen molar-refractivity contribution in [2.75, 3.05) is 6.54 Å². The Morgan fingerprint density at radius 3 is 2.23 bits per heavy atom. The smallest absolute Gasteiger partial charge is 0.0291 e. The number of rotatable bonds is 4. The Kier molecular flexibility index (Phi) is 3.97. The van der Waals surface area contributed by atoms with Gasteiger partial charge in [0.25, 0.3) is 0 Å². The zero-order valence-electron chi connectivity index (χ0n) is 8.75. The number of hydrogen-bond acceptors (Lipinski definition) is 1. The zero-order valence-corrected chi connectivity index (χ0v) is 8.75. The highest BCUT2D eigenvalue weighted by Gasteiger charge is 2.03. The second kappa shape index (κ2) is 5.03. The van der Waals surface area contributed by atoms with E-state index in [-0.39, 0.29) is 0 Å². The van der Waals surface area contributed by atoms with Gasteiger partial charge in [0.1, 0.15) is 0 Å². The van der Waals surface area contributed by atoms with Crippen LogP contribution in [0.4, 0.5) is 0 Å². The Morgan fingerprint density at radius 1 is 1.08 bits per heavy atom. The molecule has 0 aliphatic rings. The molecule has 0 saturated carbocycles. The highest BCUT2D eigenvalue weighted by Crippen LogP contribution is 2.10. The third kappa shape index (κ3) is 3.60. The number of benzene rings is 1. The van der Waals surface area contributed by atoms with E-state index in [1.807, 2.05) is 0 Å². The standard InChI is InChI=1S/C12H19N/c1-10(2)9-13-11(3)12-7-5-4-6-8-12/h4-8,10-11,13H,9H2,1-3H3/t11-/m1/s1. The Bertz CT molecular complexity index is 228. The van der Waals surface area contributed by atoms with Gasteiger partial charge in [0.15, 0.2) is 0 Å². The molecule has 0 aromatic heterocycles. The summed E-state index contributed by atoms with van der Waals surface area (Å²) in [5.41, 5.74) is 1.36. The zero-order chi connectivity index (χ0) is 9.68. The summed E-state index contributed by atoms with van der Waals surface area (Å²) in [5, 5.41) is 3.50. The van der Waals surface area contributed by atoms with E-state index in [1.54, 1.807) is 0 Å². The molecule has 0 aliphatic heterocycles. The normalized spacial score (nSPS) is 13.2. The maximum absolute atomic E-state index is 3.50. The first-order valence-electron chi connectivity index (χ1n) is 4.98.